The number of hydrogen-bond donors (Lipinski definition) is 4. The van der Waals surface area contributed by atoms with Gasteiger partial charge in [-0.05, 0) is 29.8 Å². The van der Waals surface area contributed by atoms with E-state index in [1.54, 1.807) is 36.7 Å². The first-order valence-electron chi connectivity index (χ1n) is 7.08. The highest BCUT2D eigenvalue weighted by Crippen LogP contribution is 2.26. The van der Waals surface area contributed by atoms with Crippen LogP contribution in [0, 0.1) is 0 Å². The molecule has 6 heteroatoms. The lowest BCUT2D eigenvalue weighted by Gasteiger charge is -2.10. The van der Waals surface area contributed by atoms with Gasteiger partial charge in [0.1, 0.15) is 5.82 Å². The molecule has 0 saturated heterocycles. The second kappa shape index (κ2) is 6.58. The molecule has 0 aliphatic rings. The van der Waals surface area contributed by atoms with Gasteiger partial charge in [-0.2, -0.15) is 12.6 Å². The van der Waals surface area contributed by atoms with E-state index in [0.29, 0.717) is 16.9 Å². The van der Waals surface area contributed by atoms with Crippen LogP contribution in [0.4, 0.5) is 11.4 Å². The molecule has 0 aliphatic carbocycles. The van der Waals surface area contributed by atoms with Crippen molar-refractivity contribution in [2.75, 3.05) is 11.1 Å². The normalized spacial score (nSPS) is 11.9. The van der Waals surface area contributed by atoms with Crippen molar-refractivity contribution in [3.8, 4) is 0 Å². The Hall–Kier alpha value is -2.73. The van der Waals surface area contributed by atoms with Gasteiger partial charge in [0.05, 0.1) is 16.6 Å². The fourth-order valence-corrected chi connectivity index (χ4v) is 2.52. The summed E-state index contributed by atoms with van der Waals surface area (Å²) in [5.74, 6) is 0.561. The quantitative estimate of drug-likeness (QED) is 0.439. The first-order chi connectivity index (χ1) is 11.1. The second-order valence-electron chi connectivity index (χ2n) is 5.04. The number of thiol groups is 1. The Morgan fingerprint density at radius 2 is 1.91 bits per heavy atom. The third-order valence-corrected chi connectivity index (χ3v) is 4.02. The average molecular weight is 324 g/mol. The number of nitrogens with zero attached hydrogens (tertiary/aromatic N) is 1. The molecule has 4 N–H and O–H groups in total. The zero-order valence-corrected chi connectivity index (χ0v) is 13.1. The summed E-state index contributed by atoms with van der Waals surface area (Å²) in [5, 5.41) is 2.64. The molecular weight excluding hydrogens is 308 g/mol. The molecule has 3 rings (SSSR count). The Kier molecular flexibility index (Phi) is 4.34. The topological polar surface area (TPSA) is 83.8 Å². The highest BCUT2D eigenvalue weighted by atomic mass is 32.1. The molecule has 5 nitrogen and oxygen atoms in total. The molecule has 116 valence electrons. The van der Waals surface area contributed by atoms with Crippen molar-refractivity contribution in [1.29, 1.82) is 0 Å². The van der Waals surface area contributed by atoms with Crippen LogP contribution in [-0.2, 0) is 0 Å². The van der Waals surface area contributed by atoms with Crippen molar-refractivity contribution < 1.29 is 4.79 Å². The van der Waals surface area contributed by atoms with E-state index in [1.165, 1.54) is 0 Å². The van der Waals surface area contributed by atoms with E-state index in [4.69, 9.17) is 5.73 Å². The van der Waals surface area contributed by atoms with Crippen LogP contribution in [-0.4, -0.2) is 15.9 Å². The first-order valence-corrected chi connectivity index (χ1v) is 7.60. The van der Waals surface area contributed by atoms with Gasteiger partial charge in [0.25, 0.3) is 5.91 Å². The average Bonchev–Trinajstić information content (AvgIpc) is 3.11. The minimum atomic E-state index is -0.205. The molecule has 0 bridgehead atoms. The Morgan fingerprint density at radius 1 is 1.17 bits per heavy atom. The van der Waals surface area contributed by atoms with Gasteiger partial charge in [0.15, 0.2) is 0 Å². The monoisotopic (exact) mass is 324 g/mol. The summed E-state index contributed by atoms with van der Waals surface area (Å²) in [6.45, 7) is 0. The van der Waals surface area contributed by atoms with Gasteiger partial charge in [0, 0.05) is 18.0 Å². The Labute approximate surface area is 139 Å². The maximum absolute atomic E-state index is 12.3. The lowest BCUT2D eigenvalue weighted by Crippen LogP contribution is -2.13. The van der Waals surface area contributed by atoms with Crippen molar-refractivity contribution in [3.63, 3.8) is 0 Å². The molecule has 0 fully saturated rings. The van der Waals surface area contributed by atoms with Crippen molar-refractivity contribution >= 4 is 29.9 Å². The predicted octanol–water partition coefficient (Wildman–Crippen LogP) is 3.26. The molecule has 23 heavy (non-hydrogen) atoms. The maximum atomic E-state index is 12.3. The summed E-state index contributed by atoms with van der Waals surface area (Å²) in [7, 11) is 0. The highest BCUT2D eigenvalue weighted by Gasteiger charge is 2.13. The van der Waals surface area contributed by atoms with Crippen molar-refractivity contribution in [2.45, 2.75) is 5.25 Å². The standard InChI is InChI=1S/C17H16N4OS/c18-13-3-1-2-4-14(13)21-17(22)12-7-5-11(6-8-12)15(23)16-19-9-10-20-16/h1-10,15,23H,18H2,(H,19,20)(H,21,22). The molecule has 1 unspecified atom stereocenters. The van der Waals surface area contributed by atoms with E-state index in [0.717, 1.165) is 11.4 Å². The SMILES string of the molecule is Nc1ccccc1NC(=O)c1ccc(C(S)c2ncc[nH]2)cc1. The van der Waals surface area contributed by atoms with Crippen LogP contribution in [0.25, 0.3) is 0 Å². The van der Waals surface area contributed by atoms with Gasteiger partial charge in [-0.1, -0.05) is 24.3 Å². The number of para-hydroxylation sites is 2. The number of carbonyl (C=O) groups excluding carboxylic acids is 1. The summed E-state index contributed by atoms with van der Waals surface area (Å²) < 4.78 is 0. The van der Waals surface area contributed by atoms with Crippen LogP contribution in [0.2, 0.25) is 0 Å². The molecule has 1 aromatic heterocycles. The van der Waals surface area contributed by atoms with E-state index in [-0.39, 0.29) is 11.2 Å². The third kappa shape index (κ3) is 3.37. The van der Waals surface area contributed by atoms with E-state index in [9.17, 15) is 4.79 Å². The molecule has 1 heterocycles. The van der Waals surface area contributed by atoms with E-state index >= 15 is 0 Å². The van der Waals surface area contributed by atoms with Gasteiger partial charge in [-0.25, -0.2) is 4.98 Å². The number of rotatable bonds is 4. The summed E-state index contributed by atoms with van der Waals surface area (Å²) >= 11 is 4.54. The zero-order chi connectivity index (χ0) is 16.2. The number of benzene rings is 2. The van der Waals surface area contributed by atoms with Gasteiger partial charge < -0.3 is 16.0 Å². The van der Waals surface area contributed by atoms with Crippen molar-refractivity contribution in [3.05, 3.63) is 77.9 Å². The number of aromatic nitrogens is 2. The van der Waals surface area contributed by atoms with E-state index < -0.39 is 0 Å². The molecule has 1 amide bonds. The number of aromatic amines is 1. The van der Waals surface area contributed by atoms with Gasteiger partial charge >= 0.3 is 0 Å². The van der Waals surface area contributed by atoms with E-state index in [2.05, 4.69) is 27.9 Å². The summed E-state index contributed by atoms with van der Waals surface area (Å²) in [6.07, 6.45) is 3.44. The smallest absolute Gasteiger partial charge is 0.255 e. The summed E-state index contributed by atoms with van der Waals surface area (Å²) in [4.78, 5) is 19.5. The number of anilines is 2. The number of amides is 1. The van der Waals surface area contributed by atoms with Crippen molar-refractivity contribution in [2.24, 2.45) is 0 Å². The van der Waals surface area contributed by atoms with Gasteiger partial charge in [0.2, 0.25) is 0 Å². The second-order valence-corrected chi connectivity index (χ2v) is 5.56. The zero-order valence-electron chi connectivity index (χ0n) is 12.2. The summed E-state index contributed by atoms with van der Waals surface area (Å²) in [6, 6.07) is 14.4. The number of carbonyl (C=O) groups is 1. The predicted molar refractivity (Wildman–Crippen MR) is 94.7 cm³/mol. The maximum Gasteiger partial charge on any atom is 0.255 e. The summed E-state index contributed by atoms with van der Waals surface area (Å²) in [5.41, 5.74) is 8.47. The molecule has 0 aliphatic heterocycles. The van der Waals surface area contributed by atoms with E-state index in [1.807, 2.05) is 24.3 Å². The first kappa shape index (κ1) is 15.2. The lowest BCUT2D eigenvalue weighted by atomic mass is 10.1. The largest absolute Gasteiger partial charge is 0.397 e. The lowest BCUT2D eigenvalue weighted by molar-refractivity contribution is 0.102. The molecule has 0 spiro atoms. The number of nitrogen functional groups attached to an aromatic ring is 1. The van der Waals surface area contributed by atoms with Gasteiger partial charge in [-0.3, -0.25) is 4.79 Å². The number of nitrogens with two attached hydrogens (primary N) is 1. The van der Waals surface area contributed by atoms with Crippen molar-refractivity contribution in [1.82, 2.24) is 9.97 Å². The number of nitrogens with one attached hydrogen (secondary N) is 2. The van der Waals surface area contributed by atoms with Crippen LogP contribution in [0.1, 0.15) is 27.0 Å². The van der Waals surface area contributed by atoms with Crippen LogP contribution in [0.3, 0.4) is 0 Å². The van der Waals surface area contributed by atoms with Crippen LogP contribution < -0.4 is 11.1 Å². The fraction of sp³-hybridized carbons (Fsp3) is 0.0588. The van der Waals surface area contributed by atoms with Crippen LogP contribution in [0.15, 0.2) is 60.9 Å². The molecular formula is C17H16N4OS. The molecule has 0 saturated carbocycles. The minimum Gasteiger partial charge on any atom is -0.397 e. The number of imidazole rings is 1. The van der Waals surface area contributed by atoms with Crippen LogP contribution in [0.5, 0.6) is 0 Å². The Bertz CT molecular complexity index is 800. The van der Waals surface area contributed by atoms with Crippen LogP contribution >= 0.6 is 12.6 Å². The molecule has 2 aromatic carbocycles. The highest BCUT2D eigenvalue weighted by molar-refractivity contribution is 7.80. The Morgan fingerprint density at radius 3 is 2.57 bits per heavy atom. The fourth-order valence-electron chi connectivity index (χ4n) is 2.21. The molecule has 3 aromatic rings. The third-order valence-electron chi connectivity index (χ3n) is 3.48. The molecule has 1 atom stereocenters. The number of hydrogen-bond acceptors (Lipinski definition) is 4. The molecule has 0 radical (unpaired) electrons. The van der Waals surface area contributed by atoms with Gasteiger partial charge in [-0.15, -0.1) is 0 Å². The Balaban J connectivity index is 1.74. The minimum absolute atomic E-state index is 0.160. The number of H-pyrrole nitrogens is 1.